The molecule has 0 saturated carbocycles. The van der Waals surface area contributed by atoms with Crippen molar-refractivity contribution in [3.63, 3.8) is 0 Å². The van der Waals surface area contributed by atoms with Crippen molar-refractivity contribution in [2.45, 2.75) is 116 Å². The highest BCUT2D eigenvalue weighted by Gasteiger charge is 2.49. The first-order chi connectivity index (χ1) is 33.4. The number of carbonyl (C=O) groups excluding carboxylic acids is 4. The first kappa shape index (κ1) is 48.8. The maximum absolute atomic E-state index is 14.9. The topological polar surface area (TPSA) is 182 Å². The summed E-state index contributed by atoms with van der Waals surface area (Å²) in [6, 6.07) is 10.3. The molecular formula is C53H68N9O8+. The second-order valence-electron chi connectivity index (χ2n) is 20.9. The number of hydrogen-bond donors (Lipinski definition) is 3. The molecule has 2 aromatic heterocycles. The summed E-state index contributed by atoms with van der Waals surface area (Å²) >= 11 is 0. The number of aromatic nitrogens is 2. The number of pyridine rings is 1. The van der Waals surface area contributed by atoms with Crippen LogP contribution in [0.2, 0.25) is 0 Å². The molecule has 1 aliphatic carbocycles. The van der Waals surface area contributed by atoms with E-state index < -0.39 is 53.5 Å². The van der Waals surface area contributed by atoms with Gasteiger partial charge in [-0.2, -0.15) is 0 Å². The van der Waals surface area contributed by atoms with Gasteiger partial charge in [0.2, 0.25) is 11.8 Å². The van der Waals surface area contributed by atoms with Crippen LogP contribution < -0.4 is 10.7 Å². The smallest absolute Gasteiger partial charge is 0.324 e. The fourth-order valence-electron chi connectivity index (χ4n) is 11.8. The molecular weight excluding hydrogens is 891 g/mol. The number of cyclic esters (lactones) is 1. The maximum atomic E-state index is 14.9. The standard InChI is InChI=1S/C53H67N9O8/c1-10-43(64)59-20-16-35(28-59)62(68)58(8)47(30(3)4)50(65)55-41-23-31-21-33(24-36(63)22-31)32-14-15-42-37(25-32)44-45(53(5,6)29-70-52(67)40-13-12-18-61(56-40)51(41)66)49(69-9)46-38(48(44)60(42)11-2)26-34-27-57(7)19-17-39(34)54-46/h10,14-15,21-22,24-26,30,35,40-41,45,47,49,56H,1,11-13,16-20,23,27-29H2,2-9H3,(H-,55,63,65)/p+1/t35-,40-,41-,45?,47-,49-/m0/s1. The SMILES string of the molecule is C=CC(=O)N1CC[C@H]([N+](=O)N(C)[C@H](C(=O)N[C@H]2Cc3cc(O)cc(c3)-c3ccc4c(c3)c3c(n4CC)-c4cc5c(nc4[C@@H](OC)C3C(C)(C)COC(=O)[C@@H]3CCCN(N3)C2=O)CCN(C)C5)C(C)C)C1. The van der Waals surface area contributed by atoms with Gasteiger partial charge in [0.05, 0.1) is 36.5 Å². The Kier molecular flexibility index (Phi) is 13.4. The van der Waals surface area contributed by atoms with Crippen LogP contribution in [0.15, 0.2) is 55.1 Å². The van der Waals surface area contributed by atoms with Gasteiger partial charge >= 0.3 is 5.97 Å². The molecule has 17 heteroatoms. The number of aromatic hydroxyl groups is 1. The molecule has 372 valence electrons. The van der Waals surface area contributed by atoms with Crippen LogP contribution in [0.4, 0.5) is 0 Å². The number of likely N-dealkylation sites (tertiary alicyclic amines) is 1. The van der Waals surface area contributed by atoms with Gasteiger partial charge < -0.3 is 34.3 Å². The zero-order valence-corrected chi connectivity index (χ0v) is 41.8. The number of nitrogens with one attached hydrogen (secondary N) is 2. The number of rotatable bonds is 9. The summed E-state index contributed by atoms with van der Waals surface area (Å²) in [4.78, 5) is 80.0. The van der Waals surface area contributed by atoms with E-state index in [1.807, 2.05) is 26.0 Å². The molecule has 1 unspecified atom stereocenters. The number of aryl methyl sites for hydroxylation is 1. The predicted molar refractivity (Wildman–Crippen MR) is 264 cm³/mol. The van der Waals surface area contributed by atoms with Crippen LogP contribution in [-0.4, -0.2) is 141 Å². The molecule has 4 aromatic rings. The number of ether oxygens (including phenoxy) is 2. The Morgan fingerprint density at radius 3 is 2.63 bits per heavy atom. The lowest BCUT2D eigenvalue weighted by atomic mass is 9.67. The van der Waals surface area contributed by atoms with Gasteiger partial charge in [0.25, 0.3) is 11.9 Å². The van der Waals surface area contributed by atoms with Gasteiger partial charge in [-0.15, -0.1) is 5.01 Å². The van der Waals surface area contributed by atoms with Crippen LogP contribution in [0.5, 0.6) is 5.75 Å². The summed E-state index contributed by atoms with van der Waals surface area (Å²) in [5, 5.41) is 18.2. The number of nitroso groups, excluding NO2 is 1. The fourth-order valence-corrected chi connectivity index (χ4v) is 11.8. The molecule has 0 spiro atoms. The van der Waals surface area contributed by atoms with Gasteiger partial charge in [0.15, 0.2) is 6.04 Å². The number of amides is 3. The van der Waals surface area contributed by atoms with E-state index in [9.17, 15) is 29.2 Å². The van der Waals surface area contributed by atoms with Crippen molar-refractivity contribution >= 4 is 34.6 Å². The quantitative estimate of drug-likeness (QED) is 0.0842. The minimum atomic E-state index is -1.18. The minimum Gasteiger partial charge on any atom is -0.508 e. The van der Waals surface area contributed by atoms with Gasteiger partial charge in [-0.05, 0) is 97.0 Å². The summed E-state index contributed by atoms with van der Waals surface area (Å²) in [6.07, 6.45) is 2.89. The molecule has 9 rings (SSSR count). The molecule has 2 saturated heterocycles. The van der Waals surface area contributed by atoms with Crippen molar-refractivity contribution in [2.75, 3.05) is 54.0 Å². The maximum Gasteiger partial charge on any atom is 0.324 e. The molecule has 3 N–H and O–H groups in total. The van der Waals surface area contributed by atoms with E-state index in [2.05, 4.69) is 72.8 Å². The van der Waals surface area contributed by atoms with Crippen molar-refractivity contribution in [1.82, 2.24) is 40.1 Å². The molecule has 2 fully saturated rings. The van der Waals surface area contributed by atoms with Gasteiger partial charge in [-0.25, -0.2) is 5.43 Å². The largest absolute Gasteiger partial charge is 0.508 e. The fraction of sp³-hybridized carbons (Fsp3) is 0.528. The molecule has 6 atom stereocenters. The molecule has 6 bridgehead atoms. The van der Waals surface area contributed by atoms with Crippen LogP contribution in [0.25, 0.3) is 33.3 Å². The van der Waals surface area contributed by atoms with E-state index in [-0.39, 0.29) is 49.6 Å². The summed E-state index contributed by atoms with van der Waals surface area (Å²) in [6.45, 7) is 16.9. The average Bonchev–Trinajstić information content (AvgIpc) is 3.96. The van der Waals surface area contributed by atoms with E-state index in [4.69, 9.17) is 14.5 Å². The van der Waals surface area contributed by atoms with Crippen LogP contribution >= 0.6 is 0 Å². The third kappa shape index (κ3) is 8.85. The van der Waals surface area contributed by atoms with Crippen LogP contribution in [0.1, 0.15) is 94.0 Å². The van der Waals surface area contributed by atoms with E-state index in [0.717, 1.165) is 74.6 Å². The number of esters is 1. The summed E-state index contributed by atoms with van der Waals surface area (Å²) in [7, 11) is 5.41. The number of methoxy groups -OCH3 is 1. The number of carbonyl (C=O) groups is 4. The Labute approximate surface area is 409 Å². The molecule has 0 radical (unpaired) electrons. The molecule has 17 nitrogen and oxygen atoms in total. The van der Waals surface area contributed by atoms with Gasteiger partial charge in [0, 0.05) is 92.6 Å². The van der Waals surface area contributed by atoms with Gasteiger partial charge in [-0.3, -0.25) is 29.2 Å². The molecule has 3 amide bonds. The molecule has 4 aliphatic heterocycles. The van der Waals surface area contributed by atoms with Crippen LogP contribution in [0.3, 0.4) is 0 Å². The molecule has 70 heavy (non-hydrogen) atoms. The number of phenolic OH excluding ortho intramolecular Hbond substituents is 1. The first-order valence-corrected chi connectivity index (χ1v) is 24.8. The zero-order chi connectivity index (χ0) is 49.9. The number of hydrogen-bond acceptors (Lipinski definition) is 11. The summed E-state index contributed by atoms with van der Waals surface area (Å²) < 4.78 is 15.2. The van der Waals surface area contributed by atoms with E-state index in [0.29, 0.717) is 37.9 Å². The third-order valence-electron chi connectivity index (χ3n) is 15.3. The number of benzene rings is 2. The lowest BCUT2D eigenvalue weighted by Crippen LogP contribution is -2.62. The highest BCUT2D eigenvalue weighted by atomic mass is 16.5. The highest BCUT2D eigenvalue weighted by molar-refractivity contribution is 5.97. The number of nitrogens with zero attached hydrogens (tertiary/aromatic N) is 7. The monoisotopic (exact) mass is 959 g/mol. The second-order valence-corrected chi connectivity index (χ2v) is 20.9. The first-order valence-electron chi connectivity index (χ1n) is 24.8. The number of likely N-dealkylation sites (N-methyl/N-ethyl adjacent to an activating group) is 2. The Hall–Kier alpha value is -6.17. The number of phenols is 1. The number of hydrazine groups is 2. The zero-order valence-electron chi connectivity index (χ0n) is 41.8. The van der Waals surface area contributed by atoms with Gasteiger partial charge in [-0.1, -0.05) is 46.4 Å². The van der Waals surface area contributed by atoms with Crippen molar-refractivity contribution in [2.24, 2.45) is 11.3 Å². The molecule has 5 aliphatic rings. The molecule has 6 heterocycles. The summed E-state index contributed by atoms with van der Waals surface area (Å²) in [5.74, 6) is -2.49. The lowest BCUT2D eigenvalue weighted by molar-refractivity contribution is -0.732. The Bertz CT molecular complexity index is 2770. The highest BCUT2D eigenvalue weighted by Crippen LogP contribution is 2.57. The van der Waals surface area contributed by atoms with Crippen molar-refractivity contribution in [1.29, 1.82) is 0 Å². The van der Waals surface area contributed by atoms with Crippen LogP contribution in [-0.2, 0) is 54.6 Å². The van der Waals surface area contributed by atoms with Crippen molar-refractivity contribution in [3.05, 3.63) is 88.1 Å². The van der Waals surface area contributed by atoms with Crippen molar-refractivity contribution in [3.8, 4) is 28.1 Å². The Morgan fingerprint density at radius 2 is 1.90 bits per heavy atom. The number of fused-ring (bicyclic) bond motifs is 9. The van der Waals surface area contributed by atoms with Crippen molar-refractivity contribution < 1.29 is 38.6 Å². The van der Waals surface area contributed by atoms with Gasteiger partial charge in [0.1, 0.15) is 28.8 Å². The Balaban J connectivity index is 1.14. The normalized spacial score (nSPS) is 23.8. The summed E-state index contributed by atoms with van der Waals surface area (Å²) in [5.41, 5.74) is 11.9. The molecule has 2 aromatic carbocycles. The second kappa shape index (κ2) is 19.2. The predicted octanol–water partition coefficient (Wildman–Crippen LogP) is 5.41. The third-order valence-corrected chi connectivity index (χ3v) is 15.3. The minimum absolute atomic E-state index is 0.0119. The van der Waals surface area contributed by atoms with Crippen LogP contribution in [0, 0.1) is 16.2 Å². The lowest BCUT2D eigenvalue weighted by Gasteiger charge is -2.43. The van der Waals surface area contributed by atoms with E-state index in [1.165, 1.54) is 21.7 Å². The van der Waals surface area contributed by atoms with E-state index in [1.54, 1.807) is 31.2 Å². The average molecular weight is 959 g/mol. The van der Waals surface area contributed by atoms with E-state index >= 15 is 0 Å². The Morgan fingerprint density at radius 1 is 1.11 bits per heavy atom.